The lowest BCUT2D eigenvalue weighted by atomic mass is 9.95. The summed E-state index contributed by atoms with van der Waals surface area (Å²) in [6.45, 7) is 12.7. The van der Waals surface area contributed by atoms with Crippen LogP contribution in [-0.2, 0) is 16.6 Å². The molecular weight excluding hydrogens is 242 g/mol. The van der Waals surface area contributed by atoms with E-state index in [-0.39, 0.29) is 5.41 Å². The Morgan fingerprint density at radius 1 is 1.17 bits per heavy atom. The van der Waals surface area contributed by atoms with Crippen molar-refractivity contribution in [2.45, 2.75) is 46.0 Å². The molecular formula is C15H27NOS. The highest BCUT2D eigenvalue weighted by Crippen LogP contribution is 2.29. The first-order valence-corrected chi connectivity index (χ1v) is 7.73. The molecule has 0 spiro atoms. The molecule has 0 saturated heterocycles. The smallest absolute Gasteiger partial charge is 0.0591 e. The molecule has 104 valence electrons. The van der Waals surface area contributed by atoms with Crippen molar-refractivity contribution >= 4 is 11.3 Å². The van der Waals surface area contributed by atoms with Crippen LogP contribution in [0.1, 0.15) is 43.9 Å². The van der Waals surface area contributed by atoms with E-state index in [1.165, 1.54) is 16.2 Å². The molecule has 0 amide bonds. The van der Waals surface area contributed by atoms with Crippen molar-refractivity contribution < 1.29 is 4.74 Å². The Balaban J connectivity index is 2.14. The Bertz CT molecular complexity index is 327. The van der Waals surface area contributed by atoms with Crippen LogP contribution >= 0.6 is 11.3 Å². The van der Waals surface area contributed by atoms with Gasteiger partial charge in [-0.05, 0) is 30.5 Å². The van der Waals surface area contributed by atoms with E-state index in [9.17, 15) is 0 Å². The Morgan fingerprint density at radius 2 is 1.94 bits per heavy atom. The Kier molecular flexibility index (Phi) is 6.90. The molecule has 0 atom stereocenters. The van der Waals surface area contributed by atoms with E-state index in [0.29, 0.717) is 0 Å². The molecule has 1 rings (SSSR count). The highest BCUT2D eigenvalue weighted by Gasteiger charge is 2.15. The van der Waals surface area contributed by atoms with Gasteiger partial charge in [-0.25, -0.2) is 0 Å². The average Bonchev–Trinajstić information content (AvgIpc) is 2.76. The van der Waals surface area contributed by atoms with Crippen LogP contribution < -0.4 is 5.32 Å². The second-order valence-electron chi connectivity index (χ2n) is 5.63. The van der Waals surface area contributed by atoms with Gasteiger partial charge in [-0.2, -0.15) is 0 Å². The summed E-state index contributed by atoms with van der Waals surface area (Å²) in [7, 11) is 0. The first-order valence-electron chi connectivity index (χ1n) is 6.91. The molecule has 0 fully saturated rings. The fourth-order valence-corrected chi connectivity index (χ4v) is 2.68. The number of rotatable bonds is 8. The van der Waals surface area contributed by atoms with Gasteiger partial charge in [-0.3, -0.25) is 0 Å². The lowest BCUT2D eigenvalue weighted by Crippen LogP contribution is -2.20. The van der Waals surface area contributed by atoms with E-state index in [1.54, 1.807) is 0 Å². The van der Waals surface area contributed by atoms with Crippen LogP contribution in [0.25, 0.3) is 0 Å². The lowest BCUT2D eigenvalue weighted by Gasteiger charge is -2.15. The minimum Gasteiger partial charge on any atom is -0.380 e. The third-order valence-corrected chi connectivity index (χ3v) is 4.31. The van der Waals surface area contributed by atoms with Crippen molar-refractivity contribution in [3.8, 4) is 0 Å². The van der Waals surface area contributed by atoms with Crippen LogP contribution in [0.15, 0.2) is 12.1 Å². The molecule has 0 bridgehead atoms. The summed E-state index contributed by atoms with van der Waals surface area (Å²) < 4.78 is 5.62. The van der Waals surface area contributed by atoms with E-state index in [4.69, 9.17) is 4.74 Å². The van der Waals surface area contributed by atoms with Gasteiger partial charge < -0.3 is 10.1 Å². The van der Waals surface area contributed by atoms with Gasteiger partial charge >= 0.3 is 0 Å². The zero-order valence-corrected chi connectivity index (χ0v) is 13.0. The molecule has 0 radical (unpaired) electrons. The van der Waals surface area contributed by atoms with Crippen molar-refractivity contribution in [3.05, 3.63) is 21.9 Å². The predicted octanol–water partition coefficient (Wildman–Crippen LogP) is 3.60. The van der Waals surface area contributed by atoms with Gasteiger partial charge in [-0.15, -0.1) is 11.3 Å². The summed E-state index contributed by atoms with van der Waals surface area (Å²) >= 11 is 1.92. The molecule has 2 nitrogen and oxygen atoms in total. The minimum absolute atomic E-state index is 0.272. The number of hydrogen-bond donors (Lipinski definition) is 1. The molecule has 0 aromatic carbocycles. The lowest BCUT2D eigenvalue weighted by molar-refractivity contribution is 0.139. The fourth-order valence-electron chi connectivity index (χ4n) is 1.64. The topological polar surface area (TPSA) is 21.3 Å². The largest absolute Gasteiger partial charge is 0.380 e. The summed E-state index contributed by atoms with van der Waals surface area (Å²) in [6.07, 6.45) is 2.22. The Hall–Kier alpha value is -0.380. The second-order valence-corrected chi connectivity index (χ2v) is 6.80. The first-order chi connectivity index (χ1) is 8.54. The molecule has 0 aliphatic rings. The van der Waals surface area contributed by atoms with Gasteiger partial charge in [0.05, 0.1) is 13.2 Å². The minimum atomic E-state index is 0.272. The molecule has 0 saturated carbocycles. The molecule has 3 heteroatoms. The molecule has 0 aliphatic carbocycles. The molecule has 0 aliphatic heterocycles. The van der Waals surface area contributed by atoms with Crippen molar-refractivity contribution in [3.63, 3.8) is 0 Å². The summed E-state index contributed by atoms with van der Waals surface area (Å²) in [4.78, 5) is 2.89. The number of hydrogen-bond acceptors (Lipinski definition) is 3. The Morgan fingerprint density at radius 3 is 2.56 bits per heavy atom. The van der Waals surface area contributed by atoms with Crippen molar-refractivity contribution in [2.24, 2.45) is 0 Å². The number of ether oxygens (including phenoxy) is 1. The van der Waals surface area contributed by atoms with Crippen LogP contribution in [-0.4, -0.2) is 26.3 Å². The maximum Gasteiger partial charge on any atom is 0.0591 e. The van der Waals surface area contributed by atoms with E-state index < -0.39 is 0 Å². The van der Waals surface area contributed by atoms with Crippen LogP contribution in [0.3, 0.4) is 0 Å². The van der Waals surface area contributed by atoms with Crippen LogP contribution in [0.5, 0.6) is 0 Å². The normalized spacial score (nSPS) is 12.0. The molecule has 1 heterocycles. The molecule has 1 aromatic heterocycles. The predicted molar refractivity (Wildman–Crippen MR) is 80.7 cm³/mol. The van der Waals surface area contributed by atoms with Crippen LogP contribution in [0.2, 0.25) is 0 Å². The van der Waals surface area contributed by atoms with Crippen molar-refractivity contribution in [1.29, 1.82) is 0 Å². The van der Waals surface area contributed by atoms with Gasteiger partial charge in [0, 0.05) is 22.7 Å². The van der Waals surface area contributed by atoms with E-state index >= 15 is 0 Å². The standard InChI is InChI=1S/C15H27NOS/c1-5-9-16-10-12-17-11-8-13-6-7-14(18-13)15(2,3)4/h6-7,16H,5,8-12H2,1-4H3. The summed E-state index contributed by atoms with van der Waals surface area (Å²) in [5, 5.41) is 3.34. The van der Waals surface area contributed by atoms with E-state index in [1.807, 2.05) is 11.3 Å². The van der Waals surface area contributed by atoms with Gasteiger partial charge in [0.2, 0.25) is 0 Å². The quantitative estimate of drug-likeness (QED) is 0.728. The van der Waals surface area contributed by atoms with Gasteiger partial charge in [0.15, 0.2) is 0 Å². The highest BCUT2D eigenvalue weighted by atomic mass is 32.1. The monoisotopic (exact) mass is 269 g/mol. The SMILES string of the molecule is CCCNCCOCCc1ccc(C(C)(C)C)s1. The van der Waals surface area contributed by atoms with E-state index in [0.717, 1.165) is 32.7 Å². The molecule has 18 heavy (non-hydrogen) atoms. The van der Waals surface area contributed by atoms with Gasteiger partial charge in [0.25, 0.3) is 0 Å². The van der Waals surface area contributed by atoms with Crippen LogP contribution in [0.4, 0.5) is 0 Å². The molecule has 1 aromatic rings. The molecule has 0 unspecified atom stereocenters. The summed E-state index contributed by atoms with van der Waals surface area (Å²) in [6, 6.07) is 4.49. The third-order valence-electron chi connectivity index (χ3n) is 2.74. The summed E-state index contributed by atoms with van der Waals surface area (Å²) in [5.74, 6) is 0. The Labute approximate surface area is 116 Å². The third kappa shape index (κ3) is 5.98. The zero-order valence-electron chi connectivity index (χ0n) is 12.2. The van der Waals surface area contributed by atoms with Gasteiger partial charge in [-0.1, -0.05) is 27.7 Å². The van der Waals surface area contributed by atoms with Crippen molar-refractivity contribution in [1.82, 2.24) is 5.32 Å². The first kappa shape index (κ1) is 15.7. The zero-order chi connectivity index (χ0) is 13.4. The average molecular weight is 269 g/mol. The van der Waals surface area contributed by atoms with Crippen LogP contribution in [0, 0.1) is 0 Å². The highest BCUT2D eigenvalue weighted by molar-refractivity contribution is 7.12. The van der Waals surface area contributed by atoms with E-state index in [2.05, 4.69) is 45.1 Å². The summed E-state index contributed by atoms with van der Waals surface area (Å²) in [5.41, 5.74) is 0.272. The van der Waals surface area contributed by atoms with Gasteiger partial charge in [0.1, 0.15) is 0 Å². The fraction of sp³-hybridized carbons (Fsp3) is 0.733. The number of thiophene rings is 1. The van der Waals surface area contributed by atoms with Crippen molar-refractivity contribution in [2.75, 3.05) is 26.3 Å². The molecule has 1 N–H and O–H groups in total. The second kappa shape index (κ2) is 7.93. The maximum atomic E-state index is 5.62. The number of nitrogens with one attached hydrogen (secondary N) is 1. The maximum absolute atomic E-state index is 5.62.